The van der Waals surface area contributed by atoms with Crippen LogP contribution in [0.15, 0.2) is 48.5 Å². The molecule has 194 valence electrons. The van der Waals surface area contributed by atoms with E-state index in [2.05, 4.69) is 11.1 Å². The van der Waals surface area contributed by atoms with Crippen molar-refractivity contribution in [2.45, 2.75) is 50.6 Å². The highest BCUT2D eigenvalue weighted by molar-refractivity contribution is 5.97. The third-order valence-electron chi connectivity index (χ3n) is 7.48. The molecule has 2 aliphatic rings. The molecule has 9 heteroatoms. The Morgan fingerprint density at radius 3 is 2.65 bits per heavy atom. The average molecular weight is 505 g/mol. The van der Waals surface area contributed by atoms with Gasteiger partial charge in [-0.3, -0.25) is 19.6 Å². The summed E-state index contributed by atoms with van der Waals surface area (Å²) in [4.78, 5) is 45.5. The molecular weight excluding hydrogens is 472 g/mol. The Hall–Kier alpha value is -3.85. The summed E-state index contributed by atoms with van der Waals surface area (Å²) in [5, 5.41) is 9.67. The molecular formula is C28H32N4O5. The molecule has 37 heavy (non-hydrogen) atoms. The molecule has 9 nitrogen and oxygen atoms in total. The maximum Gasteiger partial charge on any atom is 0.246 e. The summed E-state index contributed by atoms with van der Waals surface area (Å²) in [6.45, 7) is 0.546. The van der Waals surface area contributed by atoms with E-state index in [9.17, 15) is 14.4 Å². The summed E-state index contributed by atoms with van der Waals surface area (Å²) < 4.78 is 5.67. The Kier molecular flexibility index (Phi) is 7.14. The molecule has 3 amide bonds. The summed E-state index contributed by atoms with van der Waals surface area (Å²) >= 11 is 0. The zero-order valence-electron chi connectivity index (χ0n) is 20.9. The number of hydroxylamine groups is 1. The van der Waals surface area contributed by atoms with Gasteiger partial charge in [0.2, 0.25) is 17.7 Å². The maximum atomic E-state index is 13.8. The second-order valence-electron chi connectivity index (χ2n) is 9.69. The van der Waals surface area contributed by atoms with Crippen LogP contribution in [0.25, 0.3) is 10.9 Å². The number of unbranched alkanes of at least 4 members (excludes halogenated alkanes) is 3. The van der Waals surface area contributed by atoms with Crippen molar-refractivity contribution in [3.05, 3.63) is 65.4 Å². The van der Waals surface area contributed by atoms with E-state index in [0.717, 1.165) is 47.0 Å². The van der Waals surface area contributed by atoms with Gasteiger partial charge in [0.15, 0.2) is 0 Å². The standard InChI is InChI=1S/C28H32N4O5/c1-37-23-13-8-6-11-19(23)27-26-20(18-10-5-7-12-21(18)29-26)16-22-28(35)31(17-25(34)32(22)27)15-9-3-2-4-14-24(33)30-36/h5-8,10-13,22,27,29,36H,2-4,9,14-17H2,1H3,(H,30,33)/t22-,27-/m0/s1. The highest BCUT2D eigenvalue weighted by Crippen LogP contribution is 2.44. The predicted octanol–water partition coefficient (Wildman–Crippen LogP) is 3.32. The first kappa shape index (κ1) is 24.8. The fourth-order valence-electron chi connectivity index (χ4n) is 5.73. The number of carbonyl (C=O) groups is 3. The molecule has 0 bridgehead atoms. The van der Waals surface area contributed by atoms with E-state index in [-0.39, 0.29) is 24.8 Å². The number of hydrogen-bond acceptors (Lipinski definition) is 5. The SMILES string of the molecule is COc1ccccc1[C@H]1c2[nH]c3ccccc3c2C[C@H]2C(=O)N(CCCCCCC(=O)NO)CC(=O)N12. The Morgan fingerprint density at radius 1 is 1.08 bits per heavy atom. The van der Waals surface area contributed by atoms with E-state index >= 15 is 0 Å². The quantitative estimate of drug-likeness (QED) is 0.235. The van der Waals surface area contributed by atoms with Crippen molar-refractivity contribution in [2.24, 2.45) is 0 Å². The summed E-state index contributed by atoms with van der Waals surface area (Å²) in [6, 6.07) is 14.7. The first-order valence-corrected chi connectivity index (χ1v) is 12.8. The molecule has 0 saturated carbocycles. The van der Waals surface area contributed by atoms with E-state index < -0.39 is 18.0 Å². The summed E-state index contributed by atoms with van der Waals surface area (Å²) in [5.41, 5.74) is 5.48. The Labute approximate surface area is 215 Å². The molecule has 1 fully saturated rings. The second kappa shape index (κ2) is 10.6. The van der Waals surface area contributed by atoms with Gasteiger partial charge in [-0.2, -0.15) is 0 Å². The van der Waals surface area contributed by atoms with Gasteiger partial charge in [0, 0.05) is 41.5 Å². The number of carbonyl (C=O) groups excluding carboxylic acids is 3. The highest BCUT2D eigenvalue weighted by atomic mass is 16.5. The molecule has 3 aromatic rings. The molecule has 5 rings (SSSR count). The molecule has 0 spiro atoms. The number of methoxy groups -OCH3 is 1. The number of fused-ring (bicyclic) bond motifs is 4. The minimum absolute atomic E-state index is 0.0323. The van der Waals surface area contributed by atoms with Crippen LogP contribution in [0, 0.1) is 0 Å². The van der Waals surface area contributed by atoms with Crippen molar-refractivity contribution in [2.75, 3.05) is 20.2 Å². The number of hydrogen-bond donors (Lipinski definition) is 3. The number of nitrogens with one attached hydrogen (secondary N) is 2. The Balaban J connectivity index is 1.41. The average Bonchev–Trinajstić information content (AvgIpc) is 3.30. The number of H-pyrrole nitrogens is 1. The van der Waals surface area contributed by atoms with Gasteiger partial charge in [-0.15, -0.1) is 0 Å². The summed E-state index contributed by atoms with van der Waals surface area (Å²) in [5.74, 6) is 0.172. The Bertz CT molecular complexity index is 1320. The van der Waals surface area contributed by atoms with E-state index in [1.54, 1.807) is 22.4 Å². The number of aromatic amines is 1. The number of piperazine rings is 1. The monoisotopic (exact) mass is 504 g/mol. The van der Waals surface area contributed by atoms with E-state index in [4.69, 9.17) is 9.94 Å². The minimum Gasteiger partial charge on any atom is -0.496 e. The molecule has 0 radical (unpaired) electrons. The number of rotatable bonds is 9. The Morgan fingerprint density at radius 2 is 1.84 bits per heavy atom. The fraction of sp³-hybridized carbons (Fsp3) is 0.393. The van der Waals surface area contributed by atoms with Crippen molar-refractivity contribution in [1.29, 1.82) is 0 Å². The maximum absolute atomic E-state index is 13.8. The molecule has 1 aromatic heterocycles. The lowest BCUT2D eigenvalue weighted by Crippen LogP contribution is -2.63. The van der Waals surface area contributed by atoms with Gasteiger partial charge in [0.1, 0.15) is 17.8 Å². The van der Waals surface area contributed by atoms with Crippen LogP contribution in [-0.4, -0.2) is 64.0 Å². The molecule has 0 aliphatic carbocycles. The van der Waals surface area contributed by atoms with Gasteiger partial charge >= 0.3 is 0 Å². The lowest BCUT2D eigenvalue weighted by molar-refractivity contribution is -0.158. The van der Waals surface area contributed by atoms with Gasteiger partial charge in [-0.05, 0) is 30.5 Å². The van der Waals surface area contributed by atoms with Crippen LogP contribution in [0.2, 0.25) is 0 Å². The zero-order valence-corrected chi connectivity index (χ0v) is 20.9. The molecule has 2 aliphatic heterocycles. The van der Waals surface area contributed by atoms with Crippen LogP contribution < -0.4 is 10.2 Å². The number of aromatic nitrogens is 1. The molecule has 1 saturated heterocycles. The fourth-order valence-corrected chi connectivity index (χ4v) is 5.73. The number of nitrogens with zero attached hydrogens (tertiary/aromatic N) is 2. The summed E-state index contributed by atoms with van der Waals surface area (Å²) in [7, 11) is 1.62. The third-order valence-corrected chi connectivity index (χ3v) is 7.48. The van der Waals surface area contributed by atoms with Gasteiger partial charge in [-0.1, -0.05) is 49.2 Å². The van der Waals surface area contributed by atoms with Gasteiger partial charge < -0.3 is 19.5 Å². The van der Waals surface area contributed by atoms with Crippen LogP contribution in [0.5, 0.6) is 5.75 Å². The number of ether oxygens (including phenoxy) is 1. The normalized spacial score (nSPS) is 19.1. The van der Waals surface area contributed by atoms with E-state index in [1.807, 2.05) is 42.5 Å². The first-order valence-electron chi connectivity index (χ1n) is 12.8. The van der Waals surface area contributed by atoms with Crippen molar-refractivity contribution in [3.8, 4) is 5.75 Å². The van der Waals surface area contributed by atoms with E-state index in [0.29, 0.717) is 25.1 Å². The van der Waals surface area contributed by atoms with Gasteiger partial charge in [0.25, 0.3) is 0 Å². The van der Waals surface area contributed by atoms with E-state index in [1.165, 1.54) is 0 Å². The van der Waals surface area contributed by atoms with Crippen LogP contribution in [0.3, 0.4) is 0 Å². The molecule has 2 aromatic carbocycles. The largest absolute Gasteiger partial charge is 0.496 e. The van der Waals surface area contributed by atoms with Gasteiger partial charge in [-0.25, -0.2) is 5.48 Å². The smallest absolute Gasteiger partial charge is 0.246 e. The van der Waals surface area contributed by atoms with Crippen molar-refractivity contribution < 1.29 is 24.3 Å². The van der Waals surface area contributed by atoms with Crippen molar-refractivity contribution >= 4 is 28.6 Å². The molecule has 0 unspecified atom stereocenters. The predicted molar refractivity (Wildman–Crippen MR) is 137 cm³/mol. The highest BCUT2D eigenvalue weighted by Gasteiger charge is 2.48. The molecule has 3 heterocycles. The minimum atomic E-state index is -0.587. The van der Waals surface area contributed by atoms with Crippen LogP contribution >= 0.6 is 0 Å². The van der Waals surface area contributed by atoms with Gasteiger partial charge in [0.05, 0.1) is 13.7 Å². The van der Waals surface area contributed by atoms with Crippen molar-refractivity contribution in [3.63, 3.8) is 0 Å². The van der Waals surface area contributed by atoms with Crippen LogP contribution in [-0.2, 0) is 20.8 Å². The number of benzene rings is 2. The first-order chi connectivity index (χ1) is 18.0. The number of para-hydroxylation sites is 2. The lowest BCUT2D eigenvalue weighted by atomic mass is 9.86. The zero-order chi connectivity index (χ0) is 25.9. The second-order valence-corrected chi connectivity index (χ2v) is 9.69. The molecule has 3 N–H and O–H groups in total. The van der Waals surface area contributed by atoms with Crippen LogP contribution in [0.4, 0.5) is 0 Å². The van der Waals surface area contributed by atoms with Crippen LogP contribution in [0.1, 0.15) is 55.0 Å². The number of amides is 3. The topological polar surface area (TPSA) is 115 Å². The molecule has 2 atom stereocenters. The summed E-state index contributed by atoms with van der Waals surface area (Å²) in [6.07, 6.45) is 3.80. The van der Waals surface area contributed by atoms with Crippen molar-refractivity contribution in [1.82, 2.24) is 20.3 Å². The lowest BCUT2D eigenvalue weighted by Gasteiger charge is -2.47. The third kappa shape index (κ3) is 4.67.